The van der Waals surface area contributed by atoms with Gasteiger partial charge in [-0.3, -0.25) is 10.1 Å². The van der Waals surface area contributed by atoms with E-state index in [1.54, 1.807) is 36.4 Å². The third-order valence-electron chi connectivity index (χ3n) is 4.67. The van der Waals surface area contributed by atoms with Crippen molar-refractivity contribution in [3.63, 3.8) is 0 Å². The van der Waals surface area contributed by atoms with Crippen LogP contribution in [0.4, 0.5) is 5.69 Å². The fraction of sp³-hybridized carbons (Fsp3) is 0.364. The monoisotopic (exact) mass is 477 g/mol. The maximum atomic E-state index is 12.6. The molecule has 1 aliphatic heterocycles. The van der Waals surface area contributed by atoms with E-state index in [1.807, 2.05) is 13.8 Å². The summed E-state index contributed by atoms with van der Waals surface area (Å²) in [5, 5.41) is 5.58. The van der Waals surface area contributed by atoms with Crippen LogP contribution in [0.25, 0.3) is 0 Å². The van der Waals surface area contributed by atoms with Crippen LogP contribution in [0.2, 0.25) is 0 Å². The van der Waals surface area contributed by atoms with E-state index in [1.165, 1.54) is 12.1 Å². The van der Waals surface area contributed by atoms with Gasteiger partial charge >= 0.3 is 0 Å². The Bertz CT molecular complexity index is 1050. The first-order chi connectivity index (χ1) is 15.2. The smallest absolute Gasteiger partial charge is 0.261 e. The maximum Gasteiger partial charge on any atom is 0.261 e. The van der Waals surface area contributed by atoms with Gasteiger partial charge in [-0.25, -0.2) is 13.1 Å². The zero-order chi connectivity index (χ0) is 23.1. The molecule has 1 unspecified atom stereocenters. The van der Waals surface area contributed by atoms with Crippen LogP contribution in [-0.4, -0.2) is 44.8 Å². The van der Waals surface area contributed by atoms with E-state index in [4.69, 9.17) is 21.7 Å². The fourth-order valence-electron chi connectivity index (χ4n) is 3.15. The molecule has 1 fully saturated rings. The molecular formula is C22H27N3O5S2. The maximum absolute atomic E-state index is 12.6. The van der Waals surface area contributed by atoms with Crippen molar-refractivity contribution in [2.75, 3.05) is 18.5 Å². The average Bonchev–Trinajstić information content (AvgIpc) is 3.26. The number of carbonyl (C=O) groups excluding carboxylic acids is 1. The van der Waals surface area contributed by atoms with Gasteiger partial charge in [0.25, 0.3) is 5.91 Å². The molecule has 0 saturated carbocycles. The van der Waals surface area contributed by atoms with E-state index >= 15 is 0 Å². The zero-order valence-corrected chi connectivity index (χ0v) is 19.6. The van der Waals surface area contributed by atoms with Crippen molar-refractivity contribution in [1.29, 1.82) is 0 Å². The normalized spacial score (nSPS) is 16.0. The summed E-state index contributed by atoms with van der Waals surface area (Å²) in [6.07, 6.45) is 1.63. The van der Waals surface area contributed by atoms with Crippen LogP contribution in [0, 0.1) is 0 Å². The Labute approximate surface area is 193 Å². The average molecular weight is 478 g/mol. The second-order valence-corrected chi connectivity index (χ2v) is 9.76. The predicted molar refractivity (Wildman–Crippen MR) is 126 cm³/mol. The molecule has 0 radical (unpaired) electrons. The number of ether oxygens (including phenoxy) is 2. The lowest BCUT2D eigenvalue weighted by molar-refractivity contribution is 0.0972. The largest absolute Gasteiger partial charge is 0.490 e. The number of para-hydroxylation sites is 1. The highest BCUT2D eigenvalue weighted by Crippen LogP contribution is 2.20. The Morgan fingerprint density at radius 1 is 1.19 bits per heavy atom. The molecule has 2 aromatic carbocycles. The van der Waals surface area contributed by atoms with Crippen molar-refractivity contribution < 1.29 is 22.7 Å². The Morgan fingerprint density at radius 3 is 2.56 bits per heavy atom. The second-order valence-electron chi connectivity index (χ2n) is 7.58. The Balaban J connectivity index is 1.57. The number of hydrogen-bond acceptors (Lipinski definition) is 6. The predicted octanol–water partition coefficient (Wildman–Crippen LogP) is 3.06. The van der Waals surface area contributed by atoms with Crippen LogP contribution in [0.3, 0.4) is 0 Å². The molecule has 32 heavy (non-hydrogen) atoms. The lowest BCUT2D eigenvalue weighted by Crippen LogP contribution is -2.34. The Morgan fingerprint density at radius 2 is 1.91 bits per heavy atom. The van der Waals surface area contributed by atoms with Gasteiger partial charge in [0, 0.05) is 18.8 Å². The molecule has 0 aliphatic carbocycles. The van der Waals surface area contributed by atoms with E-state index < -0.39 is 15.9 Å². The van der Waals surface area contributed by atoms with Crippen molar-refractivity contribution in [3.05, 3.63) is 54.1 Å². The molecule has 1 amide bonds. The third kappa shape index (κ3) is 6.73. The van der Waals surface area contributed by atoms with Crippen LogP contribution < -0.4 is 20.1 Å². The van der Waals surface area contributed by atoms with Crippen molar-refractivity contribution in [2.24, 2.45) is 0 Å². The van der Waals surface area contributed by atoms with Gasteiger partial charge in [0.05, 0.1) is 22.7 Å². The van der Waals surface area contributed by atoms with Crippen molar-refractivity contribution in [1.82, 2.24) is 10.0 Å². The molecule has 10 heteroatoms. The molecule has 1 saturated heterocycles. The van der Waals surface area contributed by atoms with Crippen LogP contribution in [-0.2, 0) is 14.8 Å². The summed E-state index contributed by atoms with van der Waals surface area (Å²) in [7, 11) is -3.64. The highest BCUT2D eigenvalue weighted by atomic mass is 32.2. The summed E-state index contributed by atoms with van der Waals surface area (Å²) in [5.74, 6) is 0.0594. The molecule has 3 rings (SSSR count). The van der Waals surface area contributed by atoms with Gasteiger partial charge in [-0.15, -0.1) is 0 Å². The Kier molecular flexibility index (Phi) is 8.19. The topological polar surface area (TPSA) is 106 Å². The lowest BCUT2D eigenvalue weighted by Gasteiger charge is -2.15. The highest BCUT2D eigenvalue weighted by molar-refractivity contribution is 7.89. The molecule has 1 aliphatic rings. The molecule has 8 nitrogen and oxygen atoms in total. The number of sulfonamides is 1. The number of nitrogens with one attached hydrogen (secondary N) is 3. The molecule has 1 heterocycles. The van der Waals surface area contributed by atoms with E-state index in [-0.39, 0.29) is 28.8 Å². The minimum Gasteiger partial charge on any atom is -0.490 e. The minimum atomic E-state index is -3.64. The summed E-state index contributed by atoms with van der Waals surface area (Å²) < 4.78 is 38.6. The van der Waals surface area contributed by atoms with Gasteiger partial charge in [-0.05, 0) is 75.3 Å². The van der Waals surface area contributed by atoms with Crippen molar-refractivity contribution in [3.8, 4) is 5.75 Å². The highest BCUT2D eigenvalue weighted by Gasteiger charge is 2.20. The van der Waals surface area contributed by atoms with Gasteiger partial charge in [0.1, 0.15) is 5.75 Å². The summed E-state index contributed by atoms with van der Waals surface area (Å²) >= 11 is 5.22. The third-order valence-corrected chi connectivity index (χ3v) is 6.31. The van der Waals surface area contributed by atoms with Gasteiger partial charge in [0.2, 0.25) is 10.0 Å². The molecule has 1 atom stereocenters. The first-order valence-electron chi connectivity index (χ1n) is 10.3. The van der Waals surface area contributed by atoms with Crippen LogP contribution in [0.15, 0.2) is 53.4 Å². The Hall–Kier alpha value is -2.53. The number of thiocarbonyl (C=S) groups is 1. The first-order valence-corrected chi connectivity index (χ1v) is 12.2. The quantitative estimate of drug-likeness (QED) is 0.502. The van der Waals surface area contributed by atoms with Crippen molar-refractivity contribution in [2.45, 2.75) is 43.8 Å². The zero-order valence-electron chi connectivity index (χ0n) is 18.0. The summed E-state index contributed by atoms with van der Waals surface area (Å²) in [6.45, 7) is 4.67. The van der Waals surface area contributed by atoms with Gasteiger partial charge in [0.15, 0.2) is 5.11 Å². The molecular weight excluding hydrogens is 450 g/mol. The van der Waals surface area contributed by atoms with E-state index in [2.05, 4.69) is 15.4 Å². The number of amides is 1. The SMILES string of the molecule is CC(C)Oc1ccccc1C(=O)NC(=S)Nc1ccc(S(=O)(=O)NCC2CCCO2)cc1. The van der Waals surface area contributed by atoms with E-state index in [0.29, 0.717) is 23.6 Å². The number of rotatable bonds is 8. The molecule has 0 bridgehead atoms. The van der Waals surface area contributed by atoms with Crippen LogP contribution in [0.5, 0.6) is 5.75 Å². The molecule has 172 valence electrons. The standard InChI is InChI=1S/C22H27N3O5S2/c1-15(2)30-20-8-4-3-7-19(20)21(26)25-22(31)24-16-9-11-18(12-10-16)32(27,28)23-14-17-6-5-13-29-17/h3-4,7-12,15,17,23H,5-6,13-14H2,1-2H3,(H2,24,25,26,31). The molecule has 2 aromatic rings. The number of anilines is 1. The summed E-state index contributed by atoms with van der Waals surface area (Å²) in [4.78, 5) is 12.7. The molecule has 0 aromatic heterocycles. The number of hydrogen-bond donors (Lipinski definition) is 3. The first kappa shape index (κ1) is 24.1. The van der Waals surface area contributed by atoms with Gasteiger partial charge in [-0.1, -0.05) is 12.1 Å². The van der Waals surface area contributed by atoms with Gasteiger partial charge in [-0.2, -0.15) is 0 Å². The van der Waals surface area contributed by atoms with Gasteiger partial charge < -0.3 is 14.8 Å². The van der Waals surface area contributed by atoms with Crippen LogP contribution in [0.1, 0.15) is 37.0 Å². The van der Waals surface area contributed by atoms with Crippen molar-refractivity contribution >= 4 is 38.9 Å². The fourth-order valence-corrected chi connectivity index (χ4v) is 4.43. The lowest BCUT2D eigenvalue weighted by atomic mass is 10.2. The summed E-state index contributed by atoms with van der Waals surface area (Å²) in [6, 6.07) is 13.0. The molecule has 0 spiro atoms. The summed E-state index contributed by atoms with van der Waals surface area (Å²) in [5.41, 5.74) is 0.907. The van der Waals surface area contributed by atoms with E-state index in [9.17, 15) is 13.2 Å². The number of benzene rings is 2. The minimum absolute atomic E-state index is 0.0796. The number of carbonyl (C=O) groups is 1. The molecule has 3 N–H and O–H groups in total. The van der Waals surface area contributed by atoms with Crippen LogP contribution >= 0.6 is 12.2 Å². The second kappa shape index (κ2) is 10.9. The van der Waals surface area contributed by atoms with E-state index in [0.717, 1.165) is 12.8 Å².